The lowest BCUT2D eigenvalue weighted by Crippen LogP contribution is -2.24. The van der Waals surface area contributed by atoms with E-state index in [0.29, 0.717) is 47.1 Å². The van der Waals surface area contributed by atoms with Gasteiger partial charge in [0, 0.05) is 53.8 Å². The first kappa shape index (κ1) is 34.2. The van der Waals surface area contributed by atoms with Crippen LogP contribution < -0.4 is 20.1 Å². The molecule has 260 valence electrons. The highest BCUT2D eigenvalue weighted by Gasteiger charge is 2.33. The van der Waals surface area contributed by atoms with Crippen molar-refractivity contribution in [3.05, 3.63) is 95.7 Å². The van der Waals surface area contributed by atoms with Crippen molar-refractivity contribution in [2.45, 2.75) is 44.3 Å². The average Bonchev–Trinajstić information content (AvgIpc) is 3.54. The molecule has 0 saturated heterocycles. The number of benzene rings is 2. The predicted octanol–water partition coefficient (Wildman–Crippen LogP) is 7.14. The number of methoxy groups -OCH3 is 3. The molecule has 0 spiro atoms. The predicted molar refractivity (Wildman–Crippen MR) is 179 cm³/mol. The summed E-state index contributed by atoms with van der Waals surface area (Å²) in [5.74, 6) is 1.29. The number of hydrogen-bond acceptors (Lipinski definition) is 9. The molecular weight excluding hydrogens is 653 g/mol. The number of ether oxygens (including phenoxy) is 3. The summed E-state index contributed by atoms with van der Waals surface area (Å²) in [6.07, 6.45) is 2.95. The van der Waals surface area contributed by atoms with Gasteiger partial charge in [-0.25, -0.2) is 15.0 Å². The molecule has 50 heavy (non-hydrogen) atoms. The number of hydrogen-bond donors (Lipinski definition) is 2. The Morgan fingerprint density at radius 1 is 0.960 bits per heavy atom. The molecule has 0 radical (unpaired) electrons. The molecule has 1 aliphatic rings. The molecule has 14 heteroatoms. The largest absolute Gasteiger partial charge is 0.497 e. The minimum absolute atomic E-state index is 0.0314. The minimum atomic E-state index is -4.57. The molecule has 0 aliphatic heterocycles. The van der Waals surface area contributed by atoms with E-state index in [1.165, 1.54) is 7.11 Å². The summed E-state index contributed by atoms with van der Waals surface area (Å²) in [6.45, 7) is 0.371. The zero-order chi connectivity index (χ0) is 35.4. The van der Waals surface area contributed by atoms with E-state index in [2.05, 4.69) is 20.6 Å². The highest BCUT2D eigenvalue weighted by Crippen LogP contribution is 2.40. The zero-order valence-electron chi connectivity index (χ0n) is 27.6. The Labute approximate surface area is 285 Å². The molecule has 0 bridgehead atoms. The van der Waals surface area contributed by atoms with Gasteiger partial charge in [0.05, 0.1) is 32.8 Å². The van der Waals surface area contributed by atoms with Crippen LogP contribution in [-0.2, 0) is 22.3 Å². The van der Waals surface area contributed by atoms with Gasteiger partial charge >= 0.3 is 12.1 Å². The number of alkyl halides is 3. The number of fused-ring (bicyclic) bond motifs is 1. The molecule has 1 aliphatic carbocycles. The van der Waals surface area contributed by atoms with E-state index < -0.39 is 17.6 Å². The van der Waals surface area contributed by atoms with E-state index in [-0.39, 0.29) is 29.2 Å². The van der Waals surface area contributed by atoms with Gasteiger partial charge in [0.15, 0.2) is 5.82 Å². The number of nitrogens with one attached hydrogen (secondary N) is 2. The fourth-order valence-corrected chi connectivity index (χ4v) is 6.31. The molecule has 1 amide bonds. The summed E-state index contributed by atoms with van der Waals surface area (Å²) >= 11 is 0. The fraction of sp³-hybridized carbons (Fsp3) is 0.306. The Balaban J connectivity index is 1.35. The van der Waals surface area contributed by atoms with Crippen LogP contribution in [0.5, 0.6) is 11.5 Å². The Hall–Kier alpha value is -5.66. The third kappa shape index (κ3) is 7.19. The van der Waals surface area contributed by atoms with Crippen molar-refractivity contribution in [3.8, 4) is 22.8 Å². The maximum Gasteiger partial charge on any atom is 0.416 e. The van der Waals surface area contributed by atoms with Crippen molar-refractivity contribution < 1.29 is 37.0 Å². The van der Waals surface area contributed by atoms with Crippen molar-refractivity contribution in [1.29, 1.82) is 0 Å². The van der Waals surface area contributed by atoms with Crippen LogP contribution in [0.2, 0.25) is 0 Å². The average molecular weight is 689 g/mol. The van der Waals surface area contributed by atoms with Gasteiger partial charge in [-0.05, 0) is 55.7 Å². The smallest absolute Gasteiger partial charge is 0.416 e. The molecule has 0 unspecified atom stereocenters. The van der Waals surface area contributed by atoms with E-state index in [9.17, 15) is 22.8 Å². The number of halogens is 3. The first-order valence-electron chi connectivity index (χ1n) is 15.9. The summed E-state index contributed by atoms with van der Waals surface area (Å²) in [5.41, 5.74) is 2.15. The van der Waals surface area contributed by atoms with Gasteiger partial charge in [-0.15, -0.1) is 0 Å². The van der Waals surface area contributed by atoms with E-state index in [1.807, 2.05) is 22.7 Å². The first-order valence-corrected chi connectivity index (χ1v) is 15.9. The number of carbonyl (C=O) groups excluding carboxylic acids is 2. The summed E-state index contributed by atoms with van der Waals surface area (Å²) in [7, 11) is 4.57. The third-order valence-corrected chi connectivity index (χ3v) is 8.85. The van der Waals surface area contributed by atoms with Gasteiger partial charge in [-0.3, -0.25) is 14.0 Å². The topological polar surface area (TPSA) is 129 Å². The van der Waals surface area contributed by atoms with Crippen LogP contribution in [0, 0.1) is 5.92 Å². The second-order valence-corrected chi connectivity index (χ2v) is 11.9. The zero-order valence-corrected chi connectivity index (χ0v) is 27.6. The molecule has 2 aromatic carbocycles. The van der Waals surface area contributed by atoms with E-state index in [4.69, 9.17) is 19.2 Å². The van der Waals surface area contributed by atoms with E-state index in [1.54, 1.807) is 50.7 Å². The number of amides is 1. The molecule has 11 nitrogen and oxygen atoms in total. The molecule has 1 fully saturated rings. The van der Waals surface area contributed by atoms with Crippen LogP contribution in [0.3, 0.4) is 0 Å². The lowest BCUT2D eigenvalue weighted by molar-refractivity contribution is -0.146. The highest BCUT2D eigenvalue weighted by atomic mass is 19.4. The minimum Gasteiger partial charge on any atom is -0.497 e. The molecule has 2 atom stereocenters. The van der Waals surface area contributed by atoms with Gasteiger partial charge in [-0.2, -0.15) is 13.2 Å². The van der Waals surface area contributed by atoms with Crippen molar-refractivity contribution >= 4 is 29.0 Å². The number of imidazole rings is 1. The summed E-state index contributed by atoms with van der Waals surface area (Å²) in [6, 6.07) is 13.8. The SMILES string of the molecule is COC(=O)[C@H]1CCC[C@@H](c2nc(-c3ccc(C(=O)Nc4cc(C(F)(F)F)ccn4)cc3)c3c(NCc4ccc(OC)cc4OC)nccn23)C1. The summed E-state index contributed by atoms with van der Waals surface area (Å²) < 4.78 is 57.5. The first-order chi connectivity index (χ1) is 24.1. The van der Waals surface area contributed by atoms with Crippen molar-refractivity contribution in [2.24, 2.45) is 5.92 Å². The maximum absolute atomic E-state index is 13.2. The number of rotatable bonds is 10. The highest BCUT2D eigenvalue weighted by molar-refractivity contribution is 6.04. The Bertz CT molecular complexity index is 2010. The van der Waals surface area contributed by atoms with Crippen LogP contribution in [0.1, 0.15) is 58.9 Å². The van der Waals surface area contributed by atoms with Gasteiger partial charge < -0.3 is 24.8 Å². The monoisotopic (exact) mass is 688 g/mol. The molecule has 3 heterocycles. The lowest BCUT2D eigenvalue weighted by Gasteiger charge is -2.26. The van der Waals surface area contributed by atoms with Gasteiger partial charge in [-0.1, -0.05) is 18.6 Å². The molecule has 3 aromatic heterocycles. The maximum atomic E-state index is 13.2. The van der Waals surface area contributed by atoms with Crippen LogP contribution >= 0.6 is 0 Å². The van der Waals surface area contributed by atoms with Gasteiger partial charge in [0.1, 0.15) is 34.4 Å². The summed E-state index contributed by atoms with van der Waals surface area (Å²) in [5, 5.41) is 5.87. The second-order valence-electron chi connectivity index (χ2n) is 11.9. The molecule has 1 saturated carbocycles. The molecular formula is C36H35F3N6O5. The Kier molecular flexibility index (Phi) is 9.88. The quantitative estimate of drug-likeness (QED) is 0.147. The van der Waals surface area contributed by atoms with Crippen LogP contribution in [0.15, 0.2) is 73.2 Å². The summed E-state index contributed by atoms with van der Waals surface area (Å²) in [4.78, 5) is 39.1. The normalized spacial score (nSPS) is 16.1. The van der Waals surface area contributed by atoms with Gasteiger partial charge in [0.2, 0.25) is 0 Å². The third-order valence-electron chi connectivity index (χ3n) is 8.85. The van der Waals surface area contributed by atoms with Crippen molar-refractivity contribution in [1.82, 2.24) is 19.4 Å². The molecule has 5 aromatic rings. The standard InChI is InChI=1S/C36H35F3N6O5/c1-48-27-12-11-25(28(19-27)49-2)20-42-32-31-30(44-33(45(31)16-15-41-32)23-5-4-6-24(17-23)35(47)50-3)21-7-9-22(10-8-21)34(46)43-29-18-26(13-14-40-29)36(37,38)39/h7-16,18-19,23-24H,4-6,17,20H2,1-3H3,(H,41,42)(H,40,43,46)/t23-,24+/m1/s1. The van der Waals surface area contributed by atoms with E-state index >= 15 is 0 Å². The van der Waals surface area contributed by atoms with Crippen molar-refractivity contribution in [3.63, 3.8) is 0 Å². The Morgan fingerprint density at radius 2 is 1.76 bits per heavy atom. The number of nitrogens with zero attached hydrogens (tertiary/aromatic N) is 4. The van der Waals surface area contributed by atoms with Gasteiger partial charge in [0.25, 0.3) is 5.91 Å². The molecule has 2 N–H and O–H groups in total. The van der Waals surface area contributed by atoms with Crippen molar-refractivity contribution in [2.75, 3.05) is 32.0 Å². The van der Waals surface area contributed by atoms with Crippen LogP contribution in [0.4, 0.5) is 24.8 Å². The number of esters is 1. The fourth-order valence-electron chi connectivity index (χ4n) is 6.31. The second kappa shape index (κ2) is 14.4. The number of pyridine rings is 1. The number of aromatic nitrogens is 4. The lowest BCUT2D eigenvalue weighted by atomic mass is 9.81. The Morgan fingerprint density at radius 3 is 2.48 bits per heavy atom. The van der Waals surface area contributed by atoms with Crippen LogP contribution in [-0.4, -0.2) is 52.6 Å². The van der Waals surface area contributed by atoms with E-state index in [0.717, 1.165) is 49.0 Å². The van der Waals surface area contributed by atoms with Crippen LogP contribution in [0.25, 0.3) is 16.8 Å². The molecule has 6 rings (SSSR count). The number of carbonyl (C=O) groups is 2. The number of anilines is 2.